The maximum atomic E-state index is 4.32. The van der Waals surface area contributed by atoms with Gasteiger partial charge in [-0.05, 0) is 19.3 Å². The summed E-state index contributed by atoms with van der Waals surface area (Å²) in [6, 6.07) is 0.691. The molecule has 1 fully saturated rings. The number of rotatable bonds is 6. The normalized spacial score (nSPS) is 16.7. The molecule has 2 rings (SSSR count). The quantitative estimate of drug-likeness (QED) is 0.812. The Bertz CT molecular complexity index is 330. The summed E-state index contributed by atoms with van der Waals surface area (Å²) >= 11 is 0. The van der Waals surface area contributed by atoms with Crippen LogP contribution in [0.2, 0.25) is 0 Å². The average Bonchev–Trinajstić information content (AvgIpc) is 2.45. The second kappa shape index (κ2) is 7.31. The monoisotopic (exact) mass is 248 g/mol. The van der Waals surface area contributed by atoms with Crippen LogP contribution >= 0.6 is 0 Å². The molecule has 2 N–H and O–H groups in total. The van der Waals surface area contributed by atoms with Crippen molar-refractivity contribution in [3.05, 3.63) is 18.0 Å². The van der Waals surface area contributed by atoms with Crippen LogP contribution in [0, 0.1) is 0 Å². The number of nitrogens with one attached hydrogen (secondary N) is 2. The van der Waals surface area contributed by atoms with Crippen molar-refractivity contribution in [1.82, 2.24) is 15.3 Å². The largest absolute Gasteiger partial charge is 0.354 e. The molecular weight excluding hydrogens is 224 g/mol. The highest BCUT2D eigenvalue weighted by atomic mass is 15.1. The first-order valence-electron chi connectivity index (χ1n) is 7.16. The predicted octanol–water partition coefficient (Wildman–Crippen LogP) is 2.72. The molecule has 1 aromatic rings. The number of anilines is 1. The van der Waals surface area contributed by atoms with Gasteiger partial charge < -0.3 is 10.6 Å². The summed E-state index contributed by atoms with van der Waals surface area (Å²) < 4.78 is 0. The van der Waals surface area contributed by atoms with Gasteiger partial charge in [-0.2, -0.15) is 0 Å². The summed E-state index contributed by atoms with van der Waals surface area (Å²) in [6.45, 7) is 3.95. The molecule has 0 bridgehead atoms. The lowest BCUT2D eigenvalue weighted by Crippen LogP contribution is -2.30. The van der Waals surface area contributed by atoms with Crippen molar-refractivity contribution in [2.45, 2.75) is 58.0 Å². The van der Waals surface area contributed by atoms with Crippen molar-refractivity contribution in [3.63, 3.8) is 0 Å². The summed E-state index contributed by atoms with van der Waals surface area (Å²) in [4.78, 5) is 8.64. The second-order valence-electron chi connectivity index (χ2n) is 5.06. The highest BCUT2D eigenvalue weighted by Gasteiger charge is 2.12. The topological polar surface area (TPSA) is 49.8 Å². The van der Waals surface area contributed by atoms with Gasteiger partial charge in [0.2, 0.25) is 5.95 Å². The molecule has 4 nitrogen and oxygen atoms in total. The average molecular weight is 248 g/mol. The highest BCUT2D eigenvalue weighted by molar-refractivity contribution is 5.24. The number of aromatic nitrogens is 2. The van der Waals surface area contributed by atoms with E-state index in [-0.39, 0.29) is 0 Å². The Morgan fingerprint density at radius 3 is 2.56 bits per heavy atom. The summed E-state index contributed by atoms with van der Waals surface area (Å²) in [5.74, 6) is 0.735. The van der Waals surface area contributed by atoms with Crippen LogP contribution in [0.1, 0.15) is 51.0 Å². The zero-order valence-electron chi connectivity index (χ0n) is 11.3. The fourth-order valence-corrected chi connectivity index (χ4v) is 2.34. The number of hydrogen-bond donors (Lipinski definition) is 2. The standard InChI is InChI=1S/C14H24N4/c1-2-8-15-14-17-10-12(11-18-14)9-16-13-6-4-3-5-7-13/h10-11,13,16H,2-9H2,1H3,(H,15,17,18). The van der Waals surface area contributed by atoms with Gasteiger partial charge in [-0.3, -0.25) is 0 Å². The fourth-order valence-electron chi connectivity index (χ4n) is 2.34. The van der Waals surface area contributed by atoms with Gasteiger partial charge in [0.05, 0.1) is 0 Å². The molecule has 0 aliphatic heterocycles. The number of nitrogens with zero attached hydrogens (tertiary/aromatic N) is 2. The summed E-state index contributed by atoms with van der Waals surface area (Å²) in [5, 5.41) is 6.78. The molecule has 0 radical (unpaired) electrons. The molecule has 0 spiro atoms. The summed E-state index contributed by atoms with van der Waals surface area (Å²) in [5.41, 5.74) is 1.17. The van der Waals surface area contributed by atoms with Crippen LogP contribution in [-0.4, -0.2) is 22.6 Å². The zero-order chi connectivity index (χ0) is 12.6. The SMILES string of the molecule is CCCNc1ncc(CNC2CCCCC2)cn1. The minimum absolute atomic E-state index is 0.691. The zero-order valence-corrected chi connectivity index (χ0v) is 11.3. The Morgan fingerprint density at radius 2 is 1.89 bits per heavy atom. The molecule has 0 aromatic carbocycles. The molecule has 1 aromatic heterocycles. The first-order valence-corrected chi connectivity index (χ1v) is 7.16. The van der Waals surface area contributed by atoms with Gasteiger partial charge in [0.15, 0.2) is 0 Å². The van der Waals surface area contributed by atoms with E-state index in [2.05, 4.69) is 27.5 Å². The van der Waals surface area contributed by atoms with Gasteiger partial charge in [0, 0.05) is 37.1 Å². The van der Waals surface area contributed by atoms with Gasteiger partial charge in [-0.25, -0.2) is 9.97 Å². The van der Waals surface area contributed by atoms with Crippen molar-refractivity contribution in [2.75, 3.05) is 11.9 Å². The van der Waals surface area contributed by atoms with E-state index in [4.69, 9.17) is 0 Å². The van der Waals surface area contributed by atoms with Crippen LogP contribution < -0.4 is 10.6 Å². The van der Waals surface area contributed by atoms with E-state index in [0.29, 0.717) is 6.04 Å². The van der Waals surface area contributed by atoms with Gasteiger partial charge in [0.25, 0.3) is 0 Å². The van der Waals surface area contributed by atoms with E-state index < -0.39 is 0 Å². The second-order valence-corrected chi connectivity index (χ2v) is 5.06. The maximum Gasteiger partial charge on any atom is 0.222 e. The van der Waals surface area contributed by atoms with Crippen LogP contribution in [0.15, 0.2) is 12.4 Å². The Balaban J connectivity index is 1.75. The molecule has 4 heteroatoms. The minimum atomic E-state index is 0.691. The predicted molar refractivity (Wildman–Crippen MR) is 74.5 cm³/mol. The molecule has 1 aliphatic rings. The third-order valence-electron chi connectivity index (χ3n) is 3.44. The Morgan fingerprint density at radius 1 is 1.17 bits per heavy atom. The third-order valence-corrected chi connectivity index (χ3v) is 3.44. The van der Waals surface area contributed by atoms with Gasteiger partial charge >= 0.3 is 0 Å². The van der Waals surface area contributed by atoms with Gasteiger partial charge in [-0.1, -0.05) is 26.2 Å². The minimum Gasteiger partial charge on any atom is -0.354 e. The maximum absolute atomic E-state index is 4.32. The van der Waals surface area contributed by atoms with Crippen molar-refractivity contribution >= 4 is 5.95 Å². The molecule has 0 amide bonds. The van der Waals surface area contributed by atoms with E-state index in [1.54, 1.807) is 0 Å². The molecule has 0 saturated heterocycles. The van der Waals surface area contributed by atoms with E-state index in [1.807, 2.05) is 12.4 Å². The van der Waals surface area contributed by atoms with Crippen LogP contribution in [0.4, 0.5) is 5.95 Å². The fraction of sp³-hybridized carbons (Fsp3) is 0.714. The lowest BCUT2D eigenvalue weighted by Gasteiger charge is -2.22. The van der Waals surface area contributed by atoms with E-state index in [9.17, 15) is 0 Å². The lowest BCUT2D eigenvalue weighted by molar-refractivity contribution is 0.372. The molecular formula is C14H24N4. The van der Waals surface area contributed by atoms with Crippen LogP contribution in [0.25, 0.3) is 0 Å². The Kier molecular flexibility index (Phi) is 5.39. The first-order chi connectivity index (χ1) is 8.88. The summed E-state index contributed by atoms with van der Waals surface area (Å²) in [6.07, 6.45) is 11.7. The molecule has 18 heavy (non-hydrogen) atoms. The van der Waals surface area contributed by atoms with Gasteiger partial charge in [-0.15, -0.1) is 0 Å². The van der Waals surface area contributed by atoms with Gasteiger partial charge in [0.1, 0.15) is 0 Å². The van der Waals surface area contributed by atoms with Crippen molar-refractivity contribution in [3.8, 4) is 0 Å². The van der Waals surface area contributed by atoms with E-state index >= 15 is 0 Å². The molecule has 1 heterocycles. The smallest absolute Gasteiger partial charge is 0.222 e. The van der Waals surface area contributed by atoms with Crippen molar-refractivity contribution < 1.29 is 0 Å². The van der Waals surface area contributed by atoms with Crippen molar-refractivity contribution in [2.24, 2.45) is 0 Å². The lowest BCUT2D eigenvalue weighted by atomic mass is 9.95. The molecule has 100 valence electrons. The third kappa shape index (κ3) is 4.26. The van der Waals surface area contributed by atoms with Crippen LogP contribution in [0.3, 0.4) is 0 Å². The molecule has 1 aliphatic carbocycles. The molecule has 0 unspecified atom stereocenters. The van der Waals surface area contributed by atoms with E-state index in [0.717, 1.165) is 25.5 Å². The summed E-state index contributed by atoms with van der Waals surface area (Å²) in [7, 11) is 0. The Labute approximate surface area is 110 Å². The van der Waals surface area contributed by atoms with E-state index in [1.165, 1.54) is 37.7 Å². The molecule has 1 saturated carbocycles. The van der Waals surface area contributed by atoms with Crippen LogP contribution in [-0.2, 0) is 6.54 Å². The molecule has 0 atom stereocenters. The highest BCUT2D eigenvalue weighted by Crippen LogP contribution is 2.17. The Hall–Kier alpha value is -1.16. The number of hydrogen-bond acceptors (Lipinski definition) is 4. The first kappa shape index (κ1) is 13.3. The van der Waals surface area contributed by atoms with Crippen molar-refractivity contribution in [1.29, 1.82) is 0 Å². The van der Waals surface area contributed by atoms with Crippen LogP contribution in [0.5, 0.6) is 0 Å².